The second-order valence-electron chi connectivity index (χ2n) is 3.42. The average molecular weight is 222 g/mol. The normalized spacial score (nSPS) is 12.4. The summed E-state index contributed by atoms with van der Waals surface area (Å²) in [4.78, 5) is 22.2. The molecular formula is C9H16ClNO3. The van der Waals surface area contributed by atoms with Gasteiger partial charge in [0.15, 0.2) is 5.78 Å². The molecule has 4 nitrogen and oxygen atoms in total. The molecule has 0 saturated carbocycles. The molecule has 0 aromatic carbocycles. The summed E-state index contributed by atoms with van der Waals surface area (Å²) in [5.41, 5.74) is 0. The summed E-state index contributed by atoms with van der Waals surface area (Å²) in [5.74, 6) is 0.0246. The fourth-order valence-corrected chi connectivity index (χ4v) is 1.22. The minimum absolute atomic E-state index is 0.0959. The third-order valence-electron chi connectivity index (χ3n) is 1.70. The Morgan fingerprint density at radius 3 is 2.36 bits per heavy atom. The maximum absolute atomic E-state index is 11.3. The Labute approximate surface area is 88.9 Å². The van der Waals surface area contributed by atoms with Crippen LogP contribution in [0.2, 0.25) is 0 Å². The van der Waals surface area contributed by atoms with Crippen molar-refractivity contribution in [1.29, 1.82) is 0 Å². The first kappa shape index (κ1) is 13.2. The monoisotopic (exact) mass is 221 g/mol. The fourth-order valence-electron chi connectivity index (χ4n) is 1.04. The third-order valence-corrected chi connectivity index (χ3v) is 1.97. The number of alkyl halides is 1. The summed E-state index contributed by atoms with van der Waals surface area (Å²) in [6, 6.07) is -0.542. The molecule has 0 saturated heterocycles. The zero-order valence-corrected chi connectivity index (χ0v) is 9.43. The first-order valence-corrected chi connectivity index (χ1v) is 4.97. The number of hydrogen-bond donors (Lipinski definition) is 1. The molecule has 0 radical (unpaired) electrons. The van der Waals surface area contributed by atoms with Gasteiger partial charge in [0.05, 0.1) is 19.0 Å². The highest BCUT2D eigenvalue weighted by Crippen LogP contribution is 2.06. The lowest BCUT2D eigenvalue weighted by molar-refractivity contribution is -0.118. The van der Waals surface area contributed by atoms with Crippen LogP contribution in [0, 0.1) is 5.92 Å². The minimum atomic E-state index is -0.603. The highest BCUT2D eigenvalue weighted by molar-refractivity contribution is 6.28. The summed E-state index contributed by atoms with van der Waals surface area (Å²) in [7, 11) is 1.26. The molecule has 0 aromatic heterocycles. The first-order chi connectivity index (χ1) is 6.51. The van der Waals surface area contributed by atoms with E-state index in [1.54, 1.807) is 0 Å². The number of ketones is 1. The van der Waals surface area contributed by atoms with Gasteiger partial charge in [0.1, 0.15) is 0 Å². The molecule has 0 fully saturated rings. The number of ether oxygens (including phenoxy) is 1. The van der Waals surface area contributed by atoms with Gasteiger partial charge in [0.2, 0.25) is 0 Å². The Bertz CT molecular complexity index is 206. The smallest absolute Gasteiger partial charge is 0.407 e. The molecule has 14 heavy (non-hydrogen) atoms. The Balaban J connectivity index is 4.24. The van der Waals surface area contributed by atoms with Crippen LogP contribution in [0.3, 0.4) is 0 Å². The number of amides is 1. The predicted molar refractivity (Wildman–Crippen MR) is 54.5 cm³/mol. The summed E-state index contributed by atoms with van der Waals surface area (Å²) < 4.78 is 4.41. The van der Waals surface area contributed by atoms with Gasteiger partial charge in [0, 0.05) is 0 Å². The lowest BCUT2D eigenvalue weighted by atomic mass is 10.0. The van der Waals surface area contributed by atoms with Crippen molar-refractivity contribution < 1.29 is 14.3 Å². The van der Waals surface area contributed by atoms with E-state index in [1.807, 2.05) is 13.8 Å². The maximum atomic E-state index is 11.3. The van der Waals surface area contributed by atoms with Crippen molar-refractivity contribution in [3.05, 3.63) is 0 Å². The molecular weight excluding hydrogens is 206 g/mol. The Hall–Kier alpha value is -0.770. The highest BCUT2D eigenvalue weighted by Gasteiger charge is 2.20. The fraction of sp³-hybridized carbons (Fsp3) is 0.778. The summed E-state index contributed by atoms with van der Waals surface area (Å²) in [6.45, 7) is 3.93. The first-order valence-electron chi connectivity index (χ1n) is 4.44. The van der Waals surface area contributed by atoms with Crippen LogP contribution in [0.1, 0.15) is 20.3 Å². The molecule has 0 aromatic rings. The van der Waals surface area contributed by atoms with Gasteiger partial charge < -0.3 is 10.1 Å². The van der Waals surface area contributed by atoms with Gasteiger partial charge in [-0.25, -0.2) is 4.79 Å². The number of hydrogen-bond acceptors (Lipinski definition) is 3. The van der Waals surface area contributed by atoms with Crippen LogP contribution in [0.25, 0.3) is 0 Å². The molecule has 1 atom stereocenters. The van der Waals surface area contributed by atoms with Crippen molar-refractivity contribution in [1.82, 2.24) is 5.32 Å². The van der Waals surface area contributed by atoms with Gasteiger partial charge in [-0.05, 0) is 12.3 Å². The largest absolute Gasteiger partial charge is 0.453 e. The van der Waals surface area contributed by atoms with E-state index in [0.717, 1.165) is 0 Å². The highest BCUT2D eigenvalue weighted by atomic mass is 35.5. The molecule has 1 amide bonds. The third kappa shape index (κ3) is 5.07. The van der Waals surface area contributed by atoms with Crippen LogP contribution in [-0.4, -0.2) is 30.9 Å². The molecule has 5 heteroatoms. The molecule has 0 aliphatic carbocycles. The van der Waals surface area contributed by atoms with Crippen molar-refractivity contribution in [2.75, 3.05) is 13.0 Å². The van der Waals surface area contributed by atoms with E-state index in [2.05, 4.69) is 10.1 Å². The van der Waals surface area contributed by atoms with Gasteiger partial charge in [-0.3, -0.25) is 4.79 Å². The minimum Gasteiger partial charge on any atom is -0.453 e. The summed E-state index contributed by atoms with van der Waals surface area (Å²) >= 11 is 5.42. The molecule has 0 heterocycles. The van der Waals surface area contributed by atoms with E-state index in [4.69, 9.17) is 11.6 Å². The number of carbonyl (C=O) groups is 2. The predicted octanol–water partition coefficient (Wildman–Crippen LogP) is 1.56. The van der Waals surface area contributed by atoms with Crippen molar-refractivity contribution in [3.8, 4) is 0 Å². The van der Waals surface area contributed by atoms with E-state index in [0.29, 0.717) is 12.3 Å². The van der Waals surface area contributed by atoms with E-state index in [1.165, 1.54) is 7.11 Å². The van der Waals surface area contributed by atoms with Crippen molar-refractivity contribution in [3.63, 3.8) is 0 Å². The van der Waals surface area contributed by atoms with Crippen molar-refractivity contribution in [2.45, 2.75) is 26.3 Å². The second kappa shape index (κ2) is 6.65. The number of alkyl carbamates (subject to hydrolysis) is 1. The van der Waals surface area contributed by atoms with E-state index >= 15 is 0 Å². The van der Waals surface area contributed by atoms with Gasteiger partial charge in [-0.15, -0.1) is 11.6 Å². The molecule has 0 bridgehead atoms. The van der Waals surface area contributed by atoms with Gasteiger partial charge in [-0.2, -0.15) is 0 Å². The lowest BCUT2D eigenvalue weighted by Gasteiger charge is -2.17. The van der Waals surface area contributed by atoms with Gasteiger partial charge in [-0.1, -0.05) is 13.8 Å². The summed E-state index contributed by atoms with van der Waals surface area (Å²) in [5, 5.41) is 2.45. The molecule has 1 unspecified atom stereocenters. The molecule has 0 aliphatic heterocycles. The number of carbonyl (C=O) groups excluding carboxylic acids is 2. The molecule has 0 spiro atoms. The van der Waals surface area contributed by atoms with E-state index < -0.39 is 12.1 Å². The molecule has 1 N–H and O–H groups in total. The zero-order valence-electron chi connectivity index (χ0n) is 8.67. The summed E-state index contributed by atoms with van der Waals surface area (Å²) in [6.07, 6.45) is -0.0326. The average Bonchev–Trinajstić information content (AvgIpc) is 2.14. The molecule has 0 aliphatic rings. The van der Waals surface area contributed by atoms with Crippen molar-refractivity contribution >= 4 is 23.5 Å². The Morgan fingerprint density at radius 1 is 1.43 bits per heavy atom. The Kier molecular flexibility index (Phi) is 6.28. The van der Waals surface area contributed by atoms with Crippen LogP contribution in [0.4, 0.5) is 4.79 Å². The van der Waals surface area contributed by atoms with E-state index in [-0.39, 0.29) is 11.7 Å². The number of halogens is 1. The van der Waals surface area contributed by atoms with Gasteiger partial charge >= 0.3 is 6.09 Å². The SMILES string of the molecule is COC(=O)NC(CC(C)C)C(=O)CCl. The maximum Gasteiger partial charge on any atom is 0.407 e. The van der Waals surface area contributed by atoms with Crippen molar-refractivity contribution in [2.24, 2.45) is 5.92 Å². The number of methoxy groups -OCH3 is 1. The van der Waals surface area contributed by atoms with Crippen LogP contribution < -0.4 is 5.32 Å². The quantitative estimate of drug-likeness (QED) is 0.717. The van der Waals surface area contributed by atoms with Crippen LogP contribution in [0.5, 0.6) is 0 Å². The number of nitrogens with one attached hydrogen (secondary N) is 1. The van der Waals surface area contributed by atoms with Crippen LogP contribution in [0.15, 0.2) is 0 Å². The second-order valence-corrected chi connectivity index (χ2v) is 3.69. The lowest BCUT2D eigenvalue weighted by Crippen LogP contribution is -2.42. The van der Waals surface area contributed by atoms with Crippen LogP contribution >= 0.6 is 11.6 Å². The van der Waals surface area contributed by atoms with Gasteiger partial charge in [0.25, 0.3) is 0 Å². The number of rotatable bonds is 5. The standard InChI is InChI=1S/C9H16ClNO3/c1-6(2)4-7(8(12)5-10)11-9(13)14-3/h6-7H,4-5H2,1-3H3,(H,11,13). The number of Topliss-reactive ketones (excluding diaryl/α,β-unsaturated/α-hetero) is 1. The molecule has 82 valence electrons. The zero-order chi connectivity index (χ0) is 11.1. The topological polar surface area (TPSA) is 55.4 Å². The van der Waals surface area contributed by atoms with E-state index in [9.17, 15) is 9.59 Å². The van der Waals surface area contributed by atoms with Crippen LogP contribution in [-0.2, 0) is 9.53 Å². The molecule has 0 rings (SSSR count). The Morgan fingerprint density at radius 2 is 2.00 bits per heavy atom.